The van der Waals surface area contributed by atoms with Gasteiger partial charge < -0.3 is 9.84 Å². The molecule has 18 heavy (non-hydrogen) atoms. The Labute approximate surface area is 107 Å². The number of likely N-dealkylation sites (N-methyl/N-ethyl adjacent to an activating group) is 1. The fourth-order valence-corrected chi connectivity index (χ4v) is 2.37. The Morgan fingerprint density at radius 1 is 1.56 bits per heavy atom. The van der Waals surface area contributed by atoms with Crippen molar-refractivity contribution in [2.45, 2.75) is 31.9 Å². The van der Waals surface area contributed by atoms with Crippen LogP contribution in [0, 0.1) is 5.82 Å². The molecule has 3 nitrogen and oxygen atoms in total. The molecule has 4 heteroatoms. The average molecular weight is 253 g/mol. The molecule has 1 aliphatic rings. The molecule has 0 spiro atoms. The summed E-state index contributed by atoms with van der Waals surface area (Å²) in [6, 6.07) is 4.03. The number of benzene rings is 1. The van der Waals surface area contributed by atoms with E-state index in [1.165, 1.54) is 18.2 Å². The van der Waals surface area contributed by atoms with E-state index in [-0.39, 0.29) is 23.7 Å². The lowest BCUT2D eigenvalue weighted by Crippen LogP contribution is -2.31. The van der Waals surface area contributed by atoms with Crippen LogP contribution in [0.1, 0.15) is 31.4 Å². The van der Waals surface area contributed by atoms with Gasteiger partial charge in [-0.25, -0.2) is 4.39 Å². The minimum atomic E-state index is -0.319. The summed E-state index contributed by atoms with van der Waals surface area (Å²) in [5.74, 6) is -0.178. The molecule has 1 heterocycles. The van der Waals surface area contributed by atoms with Crippen molar-refractivity contribution in [2.75, 3.05) is 20.2 Å². The number of hydrogen-bond donors (Lipinski definition) is 1. The number of phenolic OH excluding ortho intramolecular Hbond substituents is 1. The third-order valence-electron chi connectivity index (χ3n) is 3.62. The quantitative estimate of drug-likeness (QED) is 0.895. The molecule has 100 valence electrons. The summed E-state index contributed by atoms with van der Waals surface area (Å²) in [5, 5.41) is 9.79. The standard InChI is InChI=1S/C14H20FNO2/c1-10(13-8-11(15)5-6-14(13)17)16(2)9-12-4-3-7-18-12/h5-6,8,10,12,17H,3-4,7,9H2,1-2H3. The summed E-state index contributed by atoms with van der Waals surface area (Å²) in [5.41, 5.74) is 0.621. The Balaban J connectivity index is 2.04. The first kappa shape index (κ1) is 13.3. The Bertz CT molecular complexity index is 405. The molecule has 2 rings (SSSR count). The molecule has 0 saturated carbocycles. The van der Waals surface area contributed by atoms with Crippen LogP contribution in [0.4, 0.5) is 4.39 Å². The molecule has 0 amide bonds. The van der Waals surface area contributed by atoms with Gasteiger partial charge in [-0.05, 0) is 45.0 Å². The topological polar surface area (TPSA) is 32.7 Å². The van der Waals surface area contributed by atoms with Gasteiger partial charge in [0.15, 0.2) is 0 Å². The maximum Gasteiger partial charge on any atom is 0.123 e. The SMILES string of the molecule is CC(c1cc(F)ccc1O)N(C)CC1CCCO1. The highest BCUT2D eigenvalue weighted by atomic mass is 19.1. The summed E-state index contributed by atoms with van der Waals surface area (Å²) in [6.07, 6.45) is 2.44. The largest absolute Gasteiger partial charge is 0.508 e. The van der Waals surface area contributed by atoms with Crippen molar-refractivity contribution in [1.29, 1.82) is 0 Å². The first-order valence-corrected chi connectivity index (χ1v) is 6.38. The Morgan fingerprint density at radius 3 is 3.00 bits per heavy atom. The van der Waals surface area contributed by atoms with E-state index in [4.69, 9.17) is 4.74 Å². The van der Waals surface area contributed by atoms with Crippen molar-refractivity contribution >= 4 is 0 Å². The molecule has 2 unspecified atom stereocenters. The lowest BCUT2D eigenvalue weighted by atomic mass is 10.1. The number of nitrogens with zero attached hydrogens (tertiary/aromatic N) is 1. The molecule has 1 fully saturated rings. The van der Waals surface area contributed by atoms with Crippen LogP contribution in [0.2, 0.25) is 0 Å². The Morgan fingerprint density at radius 2 is 2.33 bits per heavy atom. The number of phenols is 1. The molecule has 1 aromatic rings. The number of halogens is 1. The van der Waals surface area contributed by atoms with Crippen molar-refractivity contribution in [1.82, 2.24) is 4.90 Å². The molecule has 0 aromatic heterocycles. The van der Waals surface area contributed by atoms with E-state index in [9.17, 15) is 9.50 Å². The van der Waals surface area contributed by atoms with Crippen LogP contribution in [0.3, 0.4) is 0 Å². The molecular formula is C14H20FNO2. The summed E-state index contributed by atoms with van der Waals surface area (Å²) >= 11 is 0. The van der Waals surface area contributed by atoms with E-state index in [2.05, 4.69) is 4.90 Å². The van der Waals surface area contributed by atoms with Gasteiger partial charge in [0.25, 0.3) is 0 Å². The average Bonchev–Trinajstić information content (AvgIpc) is 2.84. The van der Waals surface area contributed by atoms with Gasteiger partial charge in [0, 0.05) is 24.8 Å². The van der Waals surface area contributed by atoms with Gasteiger partial charge in [-0.2, -0.15) is 0 Å². The number of hydrogen-bond acceptors (Lipinski definition) is 3. The molecule has 0 bridgehead atoms. The number of aromatic hydroxyl groups is 1. The fraction of sp³-hybridized carbons (Fsp3) is 0.571. The summed E-state index contributed by atoms with van der Waals surface area (Å²) in [6.45, 7) is 3.60. The minimum Gasteiger partial charge on any atom is -0.508 e. The Kier molecular flexibility index (Phi) is 4.19. The van der Waals surface area contributed by atoms with Gasteiger partial charge >= 0.3 is 0 Å². The van der Waals surface area contributed by atoms with Crippen molar-refractivity contribution in [3.63, 3.8) is 0 Å². The highest BCUT2D eigenvalue weighted by Crippen LogP contribution is 2.29. The van der Waals surface area contributed by atoms with E-state index in [1.807, 2.05) is 14.0 Å². The van der Waals surface area contributed by atoms with Crippen molar-refractivity contribution in [3.8, 4) is 5.75 Å². The van der Waals surface area contributed by atoms with Crippen LogP contribution >= 0.6 is 0 Å². The maximum atomic E-state index is 13.2. The Hall–Kier alpha value is -1.13. The zero-order valence-corrected chi connectivity index (χ0v) is 10.9. The first-order valence-electron chi connectivity index (χ1n) is 6.38. The maximum absolute atomic E-state index is 13.2. The van der Waals surface area contributed by atoms with Crippen LogP contribution in [-0.2, 0) is 4.74 Å². The van der Waals surface area contributed by atoms with E-state index in [1.54, 1.807) is 0 Å². The fourth-order valence-electron chi connectivity index (χ4n) is 2.37. The minimum absolute atomic E-state index is 0.0371. The smallest absolute Gasteiger partial charge is 0.123 e. The van der Waals surface area contributed by atoms with Gasteiger partial charge in [0.05, 0.1) is 6.10 Å². The van der Waals surface area contributed by atoms with E-state index >= 15 is 0 Å². The van der Waals surface area contributed by atoms with E-state index in [0.29, 0.717) is 5.56 Å². The highest BCUT2D eigenvalue weighted by Gasteiger charge is 2.22. The van der Waals surface area contributed by atoms with Gasteiger partial charge in [-0.1, -0.05) is 0 Å². The lowest BCUT2D eigenvalue weighted by molar-refractivity contribution is 0.0700. The second kappa shape index (κ2) is 5.67. The third-order valence-corrected chi connectivity index (χ3v) is 3.62. The molecular weight excluding hydrogens is 233 g/mol. The van der Waals surface area contributed by atoms with Crippen molar-refractivity contribution < 1.29 is 14.2 Å². The molecule has 0 aliphatic carbocycles. The zero-order valence-electron chi connectivity index (χ0n) is 10.9. The van der Waals surface area contributed by atoms with E-state index < -0.39 is 0 Å². The van der Waals surface area contributed by atoms with Gasteiger partial charge in [0.2, 0.25) is 0 Å². The highest BCUT2D eigenvalue weighted by molar-refractivity contribution is 5.34. The van der Waals surface area contributed by atoms with Crippen LogP contribution in [-0.4, -0.2) is 36.3 Å². The monoisotopic (exact) mass is 253 g/mol. The summed E-state index contributed by atoms with van der Waals surface area (Å²) in [7, 11) is 1.97. The molecule has 1 aromatic carbocycles. The van der Waals surface area contributed by atoms with Crippen molar-refractivity contribution in [3.05, 3.63) is 29.6 Å². The second-order valence-electron chi connectivity index (χ2n) is 4.95. The van der Waals surface area contributed by atoms with Crippen LogP contribution in [0.15, 0.2) is 18.2 Å². The van der Waals surface area contributed by atoms with E-state index in [0.717, 1.165) is 26.0 Å². The van der Waals surface area contributed by atoms with Crippen molar-refractivity contribution in [2.24, 2.45) is 0 Å². The van der Waals surface area contributed by atoms with Gasteiger partial charge in [-0.15, -0.1) is 0 Å². The number of rotatable bonds is 4. The molecule has 2 atom stereocenters. The predicted octanol–water partition coefficient (Wildman–Crippen LogP) is 2.70. The van der Waals surface area contributed by atoms with Crippen LogP contribution in [0.25, 0.3) is 0 Å². The first-order chi connectivity index (χ1) is 8.58. The van der Waals surface area contributed by atoms with Crippen LogP contribution in [0.5, 0.6) is 5.75 Å². The predicted molar refractivity (Wildman–Crippen MR) is 68.1 cm³/mol. The van der Waals surface area contributed by atoms with Gasteiger partial charge in [-0.3, -0.25) is 4.90 Å². The van der Waals surface area contributed by atoms with Crippen LogP contribution < -0.4 is 0 Å². The zero-order chi connectivity index (χ0) is 13.1. The normalized spacial score (nSPS) is 21.4. The summed E-state index contributed by atoms with van der Waals surface area (Å²) in [4.78, 5) is 2.09. The number of ether oxygens (including phenoxy) is 1. The molecule has 1 N–H and O–H groups in total. The second-order valence-corrected chi connectivity index (χ2v) is 4.95. The summed E-state index contributed by atoms with van der Waals surface area (Å²) < 4.78 is 18.8. The van der Waals surface area contributed by atoms with Gasteiger partial charge in [0.1, 0.15) is 11.6 Å². The molecule has 1 saturated heterocycles. The molecule has 0 radical (unpaired) electrons. The lowest BCUT2D eigenvalue weighted by Gasteiger charge is -2.27. The third kappa shape index (κ3) is 3.00. The molecule has 1 aliphatic heterocycles.